The van der Waals surface area contributed by atoms with Gasteiger partial charge in [0.1, 0.15) is 0 Å². The zero-order valence-corrected chi connectivity index (χ0v) is 12.9. The summed E-state index contributed by atoms with van der Waals surface area (Å²) in [4.78, 5) is 0. The van der Waals surface area contributed by atoms with E-state index in [9.17, 15) is 5.11 Å². The lowest BCUT2D eigenvalue weighted by atomic mass is 9.51. The molecule has 0 bridgehead atoms. The number of rotatable bonds is 4. The van der Waals surface area contributed by atoms with Crippen molar-refractivity contribution in [1.29, 1.82) is 0 Å². The Bertz CT molecular complexity index is 541. The molecule has 109 valence electrons. The monoisotopic (exact) mass is 279 g/mol. The summed E-state index contributed by atoms with van der Waals surface area (Å²) in [6.07, 6.45) is 3.02. The average molecular weight is 279 g/mol. The SMILES string of the molecule is CC(C)([O])CC1CCC1(c1ccccc1)c1ccccc1. The lowest BCUT2D eigenvalue weighted by molar-refractivity contribution is -0.0409. The molecule has 1 aliphatic carbocycles. The normalized spacial score (nSPS) is 20.8. The average Bonchev–Trinajstić information content (AvgIpc) is 2.46. The van der Waals surface area contributed by atoms with Gasteiger partial charge in [-0.15, -0.1) is 0 Å². The van der Waals surface area contributed by atoms with Gasteiger partial charge < -0.3 is 0 Å². The highest BCUT2D eigenvalue weighted by Crippen LogP contribution is 2.55. The molecular formula is C20H23O. The molecule has 1 unspecified atom stereocenters. The van der Waals surface area contributed by atoms with Gasteiger partial charge in [0.15, 0.2) is 0 Å². The summed E-state index contributed by atoms with van der Waals surface area (Å²) in [5, 5.41) is 12.3. The molecule has 2 aromatic rings. The smallest absolute Gasteiger partial charge is 0.0983 e. The van der Waals surface area contributed by atoms with Gasteiger partial charge in [-0.05, 0) is 50.2 Å². The van der Waals surface area contributed by atoms with Gasteiger partial charge in [0.2, 0.25) is 0 Å². The van der Waals surface area contributed by atoms with Gasteiger partial charge in [0.05, 0.1) is 5.60 Å². The second kappa shape index (κ2) is 5.31. The van der Waals surface area contributed by atoms with Crippen LogP contribution in [0.1, 0.15) is 44.2 Å². The Balaban J connectivity index is 2.05. The maximum absolute atomic E-state index is 12.3. The van der Waals surface area contributed by atoms with Crippen LogP contribution in [0.2, 0.25) is 0 Å². The molecule has 0 amide bonds. The minimum atomic E-state index is -0.861. The van der Waals surface area contributed by atoms with Crippen molar-refractivity contribution in [2.75, 3.05) is 0 Å². The molecule has 0 saturated heterocycles. The molecule has 1 saturated carbocycles. The zero-order chi connectivity index (χ0) is 14.9. The van der Waals surface area contributed by atoms with Crippen LogP contribution in [-0.4, -0.2) is 5.60 Å². The van der Waals surface area contributed by atoms with Crippen LogP contribution in [0, 0.1) is 5.92 Å². The van der Waals surface area contributed by atoms with E-state index in [1.165, 1.54) is 11.1 Å². The molecule has 3 rings (SSSR count). The topological polar surface area (TPSA) is 19.9 Å². The van der Waals surface area contributed by atoms with Crippen LogP contribution in [0.4, 0.5) is 0 Å². The quantitative estimate of drug-likeness (QED) is 0.752. The minimum Gasteiger partial charge on any atom is -0.230 e. The summed E-state index contributed by atoms with van der Waals surface area (Å²) in [5.74, 6) is 0.440. The Morgan fingerprint density at radius 2 is 1.43 bits per heavy atom. The maximum atomic E-state index is 12.3. The second-order valence-corrected chi connectivity index (χ2v) is 6.90. The van der Waals surface area contributed by atoms with Gasteiger partial charge in [-0.2, -0.15) is 0 Å². The van der Waals surface area contributed by atoms with Gasteiger partial charge in [-0.3, -0.25) is 0 Å². The van der Waals surface area contributed by atoms with E-state index in [4.69, 9.17) is 0 Å². The lowest BCUT2D eigenvalue weighted by Gasteiger charge is -2.52. The van der Waals surface area contributed by atoms with Gasteiger partial charge >= 0.3 is 0 Å². The largest absolute Gasteiger partial charge is 0.230 e. The minimum absolute atomic E-state index is 0.0319. The zero-order valence-electron chi connectivity index (χ0n) is 12.9. The van der Waals surface area contributed by atoms with Crippen LogP contribution in [-0.2, 0) is 10.5 Å². The van der Waals surface area contributed by atoms with Crippen LogP contribution >= 0.6 is 0 Å². The van der Waals surface area contributed by atoms with Crippen molar-refractivity contribution in [1.82, 2.24) is 0 Å². The first kappa shape index (κ1) is 14.3. The lowest BCUT2D eigenvalue weighted by Crippen LogP contribution is -2.47. The molecule has 0 spiro atoms. The third-order valence-corrected chi connectivity index (χ3v) is 4.90. The summed E-state index contributed by atoms with van der Waals surface area (Å²) in [6, 6.07) is 21.4. The van der Waals surface area contributed by atoms with Crippen LogP contribution < -0.4 is 0 Å². The molecule has 0 aromatic heterocycles. The summed E-state index contributed by atoms with van der Waals surface area (Å²) >= 11 is 0. The van der Waals surface area contributed by atoms with Crippen LogP contribution in [0.5, 0.6) is 0 Å². The molecule has 1 heteroatoms. The molecule has 0 heterocycles. The Hall–Kier alpha value is -1.60. The Kier molecular flexibility index (Phi) is 3.62. The molecule has 1 aliphatic rings. The van der Waals surface area contributed by atoms with Gasteiger partial charge in [0, 0.05) is 5.41 Å². The van der Waals surface area contributed by atoms with Crippen LogP contribution in [0.3, 0.4) is 0 Å². The third-order valence-electron chi connectivity index (χ3n) is 4.90. The molecule has 1 radical (unpaired) electrons. The fourth-order valence-corrected chi connectivity index (χ4v) is 3.90. The van der Waals surface area contributed by atoms with Crippen molar-refractivity contribution in [3.8, 4) is 0 Å². The third kappa shape index (κ3) is 2.63. The van der Waals surface area contributed by atoms with Crippen molar-refractivity contribution in [3.63, 3.8) is 0 Å². The first-order valence-electron chi connectivity index (χ1n) is 7.84. The number of benzene rings is 2. The Labute approximate surface area is 127 Å². The molecule has 2 aromatic carbocycles. The van der Waals surface area contributed by atoms with Crippen molar-refractivity contribution < 1.29 is 5.11 Å². The van der Waals surface area contributed by atoms with E-state index in [0.29, 0.717) is 5.92 Å². The number of hydrogen-bond acceptors (Lipinski definition) is 0. The van der Waals surface area contributed by atoms with Crippen molar-refractivity contribution in [2.45, 2.75) is 44.1 Å². The standard InChI is InChI=1S/C20H23O/c1-19(2,21)15-18-13-14-20(18,16-9-5-3-6-10-16)17-11-7-4-8-12-17/h3-12,18H,13-15H2,1-2H3. The summed E-state index contributed by atoms with van der Waals surface area (Å²) in [5.41, 5.74) is 1.89. The predicted molar refractivity (Wildman–Crippen MR) is 85.8 cm³/mol. The van der Waals surface area contributed by atoms with Gasteiger partial charge in [-0.1, -0.05) is 60.7 Å². The molecule has 1 fully saturated rings. The van der Waals surface area contributed by atoms with E-state index in [-0.39, 0.29) is 5.41 Å². The van der Waals surface area contributed by atoms with Crippen molar-refractivity contribution >= 4 is 0 Å². The van der Waals surface area contributed by atoms with E-state index in [0.717, 1.165) is 19.3 Å². The van der Waals surface area contributed by atoms with Crippen molar-refractivity contribution in [3.05, 3.63) is 71.8 Å². The van der Waals surface area contributed by atoms with E-state index in [1.54, 1.807) is 0 Å². The summed E-state index contributed by atoms with van der Waals surface area (Å²) in [6.45, 7) is 3.62. The van der Waals surface area contributed by atoms with E-state index >= 15 is 0 Å². The molecule has 0 aliphatic heterocycles. The van der Waals surface area contributed by atoms with E-state index in [1.807, 2.05) is 13.8 Å². The summed E-state index contributed by atoms with van der Waals surface area (Å²) < 4.78 is 0. The molecule has 0 N–H and O–H groups in total. The van der Waals surface area contributed by atoms with Gasteiger partial charge in [-0.25, -0.2) is 5.11 Å². The fourth-order valence-electron chi connectivity index (χ4n) is 3.90. The second-order valence-electron chi connectivity index (χ2n) is 6.90. The van der Waals surface area contributed by atoms with Gasteiger partial charge in [0.25, 0.3) is 0 Å². The Morgan fingerprint density at radius 1 is 0.952 bits per heavy atom. The number of hydrogen-bond donors (Lipinski definition) is 0. The van der Waals surface area contributed by atoms with Crippen LogP contribution in [0.25, 0.3) is 0 Å². The highest BCUT2D eigenvalue weighted by Gasteiger charge is 2.50. The first-order chi connectivity index (χ1) is 10.0. The fraction of sp³-hybridized carbons (Fsp3) is 0.400. The van der Waals surface area contributed by atoms with E-state index < -0.39 is 5.60 Å². The van der Waals surface area contributed by atoms with Crippen molar-refractivity contribution in [2.24, 2.45) is 5.92 Å². The Morgan fingerprint density at radius 3 is 1.76 bits per heavy atom. The molecule has 1 atom stereocenters. The predicted octanol–water partition coefficient (Wildman–Crippen LogP) is 4.98. The summed E-state index contributed by atoms with van der Waals surface area (Å²) in [7, 11) is 0. The van der Waals surface area contributed by atoms with E-state index in [2.05, 4.69) is 60.7 Å². The molecular weight excluding hydrogens is 256 g/mol. The first-order valence-corrected chi connectivity index (χ1v) is 7.84. The highest BCUT2D eigenvalue weighted by atomic mass is 16.3. The maximum Gasteiger partial charge on any atom is 0.0983 e. The highest BCUT2D eigenvalue weighted by molar-refractivity contribution is 5.43. The van der Waals surface area contributed by atoms with Crippen LogP contribution in [0.15, 0.2) is 60.7 Å². The molecule has 21 heavy (non-hydrogen) atoms. The molecule has 1 nitrogen and oxygen atoms in total.